The van der Waals surface area contributed by atoms with E-state index in [1.807, 2.05) is 0 Å². The van der Waals surface area contributed by atoms with Gasteiger partial charge in [0.15, 0.2) is 11.5 Å². The number of nitrogens with one attached hydrogen (secondary N) is 1. The number of ether oxygens (including phenoxy) is 3. The third-order valence-corrected chi connectivity index (χ3v) is 6.71. The van der Waals surface area contributed by atoms with E-state index >= 15 is 0 Å². The summed E-state index contributed by atoms with van der Waals surface area (Å²) in [6.07, 6.45) is 1.74. The van der Waals surface area contributed by atoms with Crippen molar-refractivity contribution < 1.29 is 33.4 Å². The number of piperidine rings is 1. The molecule has 0 saturated carbocycles. The molecule has 0 radical (unpaired) electrons. The van der Waals surface area contributed by atoms with Gasteiger partial charge >= 0.3 is 0 Å². The van der Waals surface area contributed by atoms with Gasteiger partial charge in [0, 0.05) is 50.5 Å². The molecule has 10 heteroatoms. The molecular formula is C27H31N3O7. The van der Waals surface area contributed by atoms with E-state index in [9.17, 15) is 19.2 Å². The Morgan fingerprint density at radius 3 is 2.24 bits per heavy atom. The van der Waals surface area contributed by atoms with Crippen LogP contribution in [0.5, 0.6) is 11.5 Å². The van der Waals surface area contributed by atoms with Crippen molar-refractivity contribution in [2.75, 3.05) is 47.6 Å². The first-order chi connectivity index (χ1) is 17.9. The maximum Gasteiger partial charge on any atom is 0.261 e. The molecule has 4 amide bonds. The second-order valence-electron chi connectivity index (χ2n) is 8.98. The van der Waals surface area contributed by atoms with Gasteiger partial charge in [-0.05, 0) is 55.7 Å². The van der Waals surface area contributed by atoms with Crippen LogP contribution in [0.1, 0.15) is 60.7 Å². The monoisotopic (exact) mass is 509 g/mol. The molecule has 1 N–H and O–H groups in total. The van der Waals surface area contributed by atoms with E-state index in [0.717, 1.165) is 0 Å². The van der Waals surface area contributed by atoms with Crippen LogP contribution in [0.25, 0.3) is 0 Å². The number of fused-ring (bicyclic) bond motifs is 1. The summed E-state index contributed by atoms with van der Waals surface area (Å²) >= 11 is 0. The molecule has 37 heavy (non-hydrogen) atoms. The number of likely N-dealkylation sites (tertiary alicyclic amines) is 1. The number of carbonyl (C=O) groups excluding carboxylic acids is 4. The number of hydrogen-bond donors (Lipinski definition) is 1. The maximum atomic E-state index is 13.1. The molecule has 0 spiro atoms. The van der Waals surface area contributed by atoms with Crippen LogP contribution in [0, 0.1) is 0 Å². The number of hydrogen-bond acceptors (Lipinski definition) is 7. The summed E-state index contributed by atoms with van der Waals surface area (Å²) in [7, 11) is 4.61. The lowest BCUT2D eigenvalue weighted by Crippen LogP contribution is -2.46. The normalized spacial score (nSPS) is 15.5. The summed E-state index contributed by atoms with van der Waals surface area (Å²) in [5.74, 6) is -0.137. The maximum absolute atomic E-state index is 13.1. The molecule has 2 aromatic rings. The zero-order valence-electron chi connectivity index (χ0n) is 21.2. The zero-order valence-corrected chi connectivity index (χ0v) is 21.2. The van der Waals surface area contributed by atoms with Gasteiger partial charge in [0.1, 0.15) is 0 Å². The molecular weight excluding hydrogens is 478 g/mol. The predicted molar refractivity (Wildman–Crippen MR) is 134 cm³/mol. The minimum atomic E-state index is -0.387. The summed E-state index contributed by atoms with van der Waals surface area (Å²) < 4.78 is 15.5. The number of methoxy groups -OCH3 is 3. The fraction of sp³-hybridized carbons (Fsp3) is 0.407. The Hall–Kier alpha value is -3.92. The van der Waals surface area contributed by atoms with Gasteiger partial charge in [-0.25, -0.2) is 0 Å². The highest BCUT2D eigenvalue weighted by Gasteiger charge is 2.36. The van der Waals surface area contributed by atoms with E-state index in [1.54, 1.807) is 42.3 Å². The lowest BCUT2D eigenvalue weighted by atomic mass is 10.0. The van der Waals surface area contributed by atoms with Crippen LogP contribution in [-0.4, -0.2) is 87.0 Å². The average molecular weight is 510 g/mol. The molecule has 0 aromatic heterocycles. The number of rotatable bonds is 9. The lowest BCUT2D eigenvalue weighted by molar-refractivity contribution is 0.0636. The second-order valence-corrected chi connectivity index (χ2v) is 8.98. The Bertz CT molecular complexity index is 1200. The summed E-state index contributed by atoms with van der Waals surface area (Å²) in [6.45, 7) is 1.64. The molecule has 2 aliphatic rings. The molecule has 0 atom stereocenters. The number of nitrogens with zero attached hydrogens (tertiary/aromatic N) is 2. The molecule has 196 valence electrons. The first-order valence-corrected chi connectivity index (χ1v) is 12.2. The van der Waals surface area contributed by atoms with Crippen molar-refractivity contribution in [2.24, 2.45) is 0 Å². The standard InChI is InChI=1S/C27H31N3O7/c1-35-14-4-11-30-26(33)20-7-5-18(15-21(20)27(30)34)25(32)29-12-9-19(10-13-29)28-24(31)17-6-8-22(36-2)23(16-17)37-3/h5-8,15-16,19H,4,9-14H2,1-3H3,(H,28,31). The molecule has 2 aromatic carbocycles. The third-order valence-electron chi connectivity index (χ3n) is 6.71. The van der Waals surface area contributed by atoms with Crippen LogP contribution in [-0.2, 0) is 4.74 Å². The summed E-state index contributed by atoms with van der Waals surface area (Å²) in [5, 5.41) is 3.02. The van der Waals surface area contributed by atoms with Gasteiger partial charge in [0.25, 0.3) is 23.6 Å². The quantitative estimate of drug-likeness (QED) is 0.408. The molecule has 2 aliphatic heterocycles. The summed E-state index contributed by atoms with van der Waals surface area (Å²) in [5.41, 5.74) is 1.40. The Balaban J connectivity index is 1.35. The Morgan fingerprint density at radius 2 is 1.57 bits per heavy atom. The van der Waals surface area contributed by atoms with E-state index in [1.165, 1.54) is 25.2 Å². The van der Waals surface area contributed by atoms with Gasteiger partial charge in [0.05, 0.1) is 25.3 Å². The SMILES string of the molecule is COCCCN1C(=O)c2ccc(C(=O)N3CCC(NC(=O)c4ccc(OC)c(OC)c4)CC3)cc2C1=O. The lowest BCUT2D eigenvalue weighted by Gasteiger charge is -2.32. The topological polar surface area (TPSA) is 114 Å². The highest BCUT2D eigenvalue weighted by Crippen LogP contribution is 2.28. The van der Waals surface area contributed by atoms with Crippen LogP contribution in [0.2, 0.25) is 0 Å². The highest BCUT2D eigenvalue weighted by molar-refractivity contribution is 6.22. The summed E-state index contributed by atoms with van der Waals surface area (Å²) in [6, 6.07) is 9.57. The first kappa shape index (κ1) is 26.2. The van der Waals surface area contributed by atoms with Gasteiger partial charge in [-0.15, -0.1) is 0 Å². The number of amides is 4. The van der Waals surface area contributed by atoms with Crippen LogP contribution in [0.3, 0.4) is 0 Å². The van der Waals surface area contributed by atoms with Crippen molar-refractivity contribution in [1.29, 1.82) is 0 Å². The van der Waals surface area contributed by atoms with Crippen molar-refractivity contribution in [1.82, 2.24) is 15.1 Å². The van der Waals surface area contributed by atoms with E-state index < -0.39 is 0 Å². The molecule has 1 fully saturated rings. The van der Waals surface area contributed by atoms with Crippen molar-refractivity contribution in [2.45, 2.75) is 25.3 Å². The minimum absolute atomic E-state index is 0.0791. The Labute approximate surface area is 215 Å². The van der Waals surface area contributed by atoms with Crippen LogP contribution in [0.15, 0.2) is 36.4 Å². The van der Waals surface area contributed by atoms with E-state index in [4.69, 9.17) is 14.2 Å². The Morgan fingerprint density at radius 1 is 0.892 bits per heavy atom. The minimum Gasteiger partial charge on any atom is -0.493 e. The molecule has 0 aliphatic carbocycles. The van der Waals surface area contributed by atoms with E-state index in [2.05, 4.69) is 5.32 Å². The molecule has 4 rings (SSSR count). The first-order valence-electron chi connectivity index (χ1n) is 12.2. The molecule has 0 unspecified atom stereocenters. The van der Waals surface area contributed by atoms with Crippen molar-refractivity contribution in [3.05, 3.63) is 58.7 Å². The van der Waals surface area contributed by atoms with Gasteiger partial charge in [-0.3, -0.25) is 24.1 Å². The van der Waals surface area contributed by atoms with E-state index in [-0.39, 0.29) is 41.8 Å². The third kappa shape index (κ3) is 5.43. The fourth-order valence-corrected chi connectivity index (χ4v) is 4.65. The van der Waals surface area contributed by atoms with E-state index in [0.29, 0.717) is 67.1 Å². The second kappa shape index (κ2) is 11.4. The average Bonchev–Trinajstić information content (AvgIpc) is 3.17. The number of benzene rings is 2. The zero-order chi connectivity index (χ0) is 26.5. The predicted octanol–water partition coefficient (Wildman–Crippen LogP) is 2.37. The molecule has 1 saturated heterocycles. The van der Waals surface area contributed by atoms with Gasteiger partial charge in [-0.1, -0.05) is 0 Å². The fourth-order valence-electron chi connectivity index (χ4n) is 4.65. The van der Waals surface area contributed by atoms with Gasteiger partial charge in [0.2, 0.25) is 0 Å². The molecule has 0 bridgehead atoms. The van der Waals surface area contributed by atoms with Crippen molar-refractivity contribution in [3.8, 4) is 11.5 Å². The molecule has 2 heterocycles. The molecule has 10 nitrogen and oxygen atoms in total. The van der Waals surface area contributed by atoms with Gasteiger partial charge in [-0.2, -0.15) is 0 Å². The van der Waals surface area contributed by atoms with Crippen molar-refractivity contribution >= 4 is 23.6 Å². The van der Waals surface area contributed by atoms with Crippen molar-refractivity contribution in [3.63, 3.8) is 0 Å². The van der Waals surface area contributed by atoms with Crippen LogP contribution >= 0.6 is 0 Å². The number of carbonyl (C=O) groups is 4. The smallest absolute Gasteiger partial charge is 0.261 e. The van der Waals surface area contributed by atoms with Gasteiger partial charge < -0.3 is 24.4 Å². The number of imide groups is 1. The Kier molecular flexibility index (Phi) is 8.08. The largest absolute Gasteiger partial charge is 0.493 e. The van der Waals surface area contributed by atoms with Crippen LogP contribution < -0.4 is 14.8 Å². The summed E-state index contributed by atoms with van der Waals surface area (Å²) in [4.78, 5) is 54.2. The van der Waals surface area contributed by atoms with Crippen LogP contribution in [0.4, 0.5) is 0 Å². The highest BCUT2D eigenvalue weighted by atomic mass is 16.5.